The number of oxime groups is 1. The van der Waals surface area contributed by atoms with Crippen molar-refractivity contribution in [2.24, 2.45) is 5.16 Å². The van der Waals surface area contributed by atoms with Crippen LogP contribution in [0.5, 0.6) is 5.75 Å². The number of likely N-dealkylation sites (N-methyl/N-ethyl adjacent to an activating group) is 2. The van der Waals surface area contributed by atoms with Gasteiger partial charge in [0.25, 0.3) is 5.91 Å². The number of rotatable bonds is 10. The molecule has 1 aliphatic rings. The number of hydrogen-bond donors (Lipinski definition) is 0. The molecule has 154 valence electrons. The maximum atomic E-state index is 12.0. The Hall–Kier alpha value is -2.61. The number of carbonyl (C=O) groups is 2. The smallest absolute Gasteiger partial charge is 0.347 e. The highest BCUT2D eigenvalue weighted by atomic mass is 16.7. The first-order chi connectivity index (χ1) is 13.5. The molecule has 0 aliphatic carbocycles. The lowest BCUT2D eigenvalue weighted by atomic mass is 10.1. The van der Waals surface area contributed by atoms with Crippen LogP contribution in [0.3, 0.4) is 0 Å². The summed E-state index contributed by atoms with van der Waals surface area (Å²) in [5.74, 6) is 0.131. The van der Waals surface area contributed by atoms with Crippen LogP contribution < -0.4 is 9.64 Å². The fourth-order valence-electron chi connectivity index (χ4n) is 2.88. The molecule has 0 saturated heterocycles. The van der Waals surface area contributed by atoms with Crippen LogP contribution in [0.15, 0.2) is 23.4 Å². The first kappa shape index (κ1) is 21.7. The van der Waals surface area contributed by atoms with Crippen molar-refractivity contribution in [3.8, 4) is 5.75 Å². The quantitative estimate of drug-likeness (QED) is 0.345. The molecular formula is C20H29N3O5. The van der Waals surface area contributed by atoms with Crippen molar-refractivity contribution in [2.75, 3.05) is 50.9 Å². The van der Waals surface area contributed by atoms with Gasteiger partial charge in [0.1, 0.15) is 12.4 Å². The van der Waals surface area contributed by atoms with Crippen molar-refractivity contribution in [1.82, 2.24) is 4.90 Å². The molecule has 0 spiro atoms. The van der Waals surface area contributed by atoms with Crippen molar-refractivity contribution in [3.63, 3.8) is 0 Å². The highest BCUT2D eigenvalue weighted by Gasteiger charge is 2.24. The zero-order valence-corrected chi connectivity index (χ0v) is 17.1. The molecular weight excluding hydrogens is 362 g/mol. The molecule has 1 heterocycles. The Morgan fingerprint density at radius 2 is 2.04 bits per heavy atom. The summed E-state index contributed by atoms with van der Waals surface area (Å²) in [6, 6.07) is 5.48. The minimum absolute atomic E-state index is 0.0484. The number of fused-ring (bicyclic) bond motifs is 1. The van der Waals surface area contributed by atoms with Gasteiger partial charge in [0.2, 0.25) is 6.61 Å². The molecule has 0 bridgehead atoms. The van der Waals surface area contributed by atoms with Gasteiger partial charge in [0.05, 0.1) is 11.4 Å². The molecule has 2 rings (SSSR count). The van der Waals surface area contributed by atoms with E-state index in [1.807, 2.05) is 19.1 Å². The summed E-state index contributed by atoms with van der Waals surface area (Å²) in [5.41, 5.74) is 2.08. The molecule has 8 heteroatoms. The minimum atomic E-state index is -0.453. The van der Waals surface area contributed by atoms with Crippen LogP contribution in [-0.4, -0.2) is 68.5 Å². The van der Waals surface area contributed by atoms with Crippen LogP contribution in [0.4, 0.5) is 5.69 Å². The first-order valence-corrected chi connectivity index (χ1v) is 9.62. The second kappa shape index (κ2) is 10.7. The van der Waals surface area contributed by atoms with E-state index in [2.05, 4.69) is 23.9 Å². The molecule has 0 fully saturated rings. The number of esters is 1. The Kier molecular flexibility index (Phi) is 8.25. The molecule has 8 nitrogen and oxygen atoms in total. The monoisotopic (exact) mass is 391 g/mol. The van der Waals surface area contributed by atoms with Gasteiger partial charge in [0, 0.05) is 18.7 Å². The normalized spacial score (nSPS) is 14.0. The summed E-state index contributed by atoms with van der Waals surface area (Å²) in [4.78, 5) is 32.7. The van der Waals surface area contributed by atoms with Gasteiger partial charge in [-0.1, -0.05) is 19.0 Å². The lowest BCUT2D eigenvalue weighted by molar-refractivity contribution is -0.149. The SMILES string of the molecule is CCN(CC)CCOC(=O)CO/N=C(\C)c1ccc2c(c1)N(CC)C(=O)CO2. The van der Waals surface area contributed by atoms with E-state index >= 15 is 0 Å². The molecule has 1 aromatic carbocycles. The van der Waals surface area contributed by atoms with Crippen LogP contribution in [0.25, 0.3) is 0 Å². The Morgan fingerprint density at radius 1 is 1.29 bits per heavy atom. The van der Waals surface area contributed by atoms with Gasteiger partial charge >= 0.3 is 5.97 Å². The van der Waals surface area contributed by atoms with E-state index in [9.17, 15) is 9.59 Å². The molecule has 0 radical (unpaired) electrons. The predicted octanol–water partition coefficient (Wildman–Crippen LogP) is 2.06. The predicted molar refractivity (Wildman–Crippen MR) is 107 cm³/mol. The molecule has 0 saturated carbocycles. The third kappa shape index (κ3) is 5.69. The first-order valence-electron chi connectivity index (χ1n) is 9.62. The summed E-state index contributed by atoms with van der Waals surface area (Å²) >= 11 is 0. The minimum Gasteiger partial charge on any atom is -0.482 e. The highest BCUT2D eigenvalue weighted by molar-refractivity contribution is 6.03. The summed E-state index contributed by atoms with van der Waals surface area (Å²) in [6.45, 7) is 11.0. The van der Waals surface area contributed by atoms with Crippen LogP contribution in [-0.2, 0) is 19.2 Å². The Bertz CT molecular complexity index is 716. The fraction of sp³-hybridized carbons (Fsp3) is 0.550. The maximum absolute atomic E-state index is 12.0. The Morgan fingerprint density at radius 3 is 2.71 bits per heavy atom. The zero-order valence-electron chi connectivity index (χ0n) is 17.1. The number of ether oxygens (including phenoxy) is 2. The maximum Gasteiger partial charge on any atom is 0.347 e. The van der Waals surface area contributed by atoms with E-state index in [0.29, 0.717) is 36.8 Å². The van der Waals surface area contributed by atoms with Gasteiger partial charge in [-0.15, -0.1) is 0 Å². The summed E-state index contributed by atoms with van der Waals surface area (Å²) in [6.07, 6.45) is 0. The topological polar surface area (TPSA) is 80.7 Å². The number of amides is 1. The molecule has 0 N–H and O–H groups in total. The number of nitrogens with zero attached hydrogens (tertiary/aromatic N) is 3. The van der Waals surface area contributed by atoms with Gasteiger partial charge in [-0.2, -0.15) is 0 Å². The second-order valence-corrected chi connectivity index (χ2v) is 6.31. The van der Waals surface area contributed by atoms with E-state index in [1.54, 1.807) is 17.9 Å². The van der Waals surface area contributed by atoms with E-state index in [-0.39, 0.29) is 19.1 Å². The standard InChI is InChI=1S/C20H29N3O5/c1-5-22(6-2)10-11-26-20(25)14-28-21-15(4)16-8-9-18-17(12-16)23(7-3)19(24)13-27-18/h8-9,12H,5-7,10-11,13-14H2,1-4H3/b21-15+. The van der Waals surface area contributed by atoms with Crippen molar-refractivity contribution in [3.05, 3.63) is 23.8 Å². The molecule has 0 unspecified atom stereocenters. The third-order valence-electron chi connectivity index (χ3n) is 4.58. The lowest BCUT2D eigenvalue weighted by Gasteiger charge is -2.28. The molecule has 0 aromatic heterocycles. The van der Waals surface area contributed by atoms with Crippen molar-refractivity contribution in [2.45, 2.75) is 27.7 Å². The zero-order chi connectivity index (χ0) is 20.5. The largest absolute Gasteiger partial charge is 0.482 e. The van der Waals surface area contributed by atoms with Gasteiger partial charge < -0.3 is 24.1 Å². The Balaban J connectivity index is 1.89. The molecule has 1 aliphatic heterocycles. The van der Waals surface area contributed by atoms with Crippen LogP contribution in [0.1, 0.15) is 33.3 Å². The van der Waals surface area contributed by atoms with Gasteiger partial charge in [-0.25, -0.2) is 4.79 Å². The Labute approximate surface area is 166 Å². The number of hydrogen-bond acceptors (Lipinski definition) is 7. The summed E-state index contributed by atoms with van der Waals surface area (Å²) < 4.78 is 10.6. The third-order valence-corrected chi connectivity index (χ3v) is 4.58. The van der Waals surface area contributed by atoms with E-state index < -0.39 is 5.97 Å². The summed E-state index contributed by atoms with van der Waals surface area (Å²) in [5, 5.41) is 3.99. The number of anilines is 1. The lowest BCUT2D eigenvalue weighted by Crippen LogP contribution is -2.38. The molecule has 1 aromatic rings. The molecule has 1 amide bonds. The van der Waals surface area contributed by atoms with Crippen molar-refractivity contribution in [1.29, 1.82) is 0 Å². The van der Waals surface area contributed by atoms with Crippen molar-refractivity contribution >= 4 is 23.3 Å². The number of carbonyl (C=O) groups excluding carboxylic acids is 2. The van der Waals surface area contributed by atoms with E-state index in [1.165, 1.54) is 0 Å². The van der Waals surface area contributed by atoms with E-state index in [4.69, 9.17) is 14.3 Å². The average Bonchev–Trinajstić information content (AvgIpc) is 2.70. The van der Waals surface area contributed by atoms with E-state index in [0.717, 1.165) is 18.7 Å². The average molecular weight is 391 g/mol. The van der Waals surface area contributed by atoms with Crippen LogP contribution in [0.2, 0.25) is 0 Å². The number of benzene rings is 1. The second-order valence-electron chi connectivity index (χ2n) is 6.31. The van der Waals surface area contributed by atoms with Crippen LogP contribution in [0, 0.1) is 0 Å². The van der Waals surface area contributed by atoms with Crippen LogP contribution >= 0.6 is 0 Å². The van der Waals surface area contributed by atoms with Crippen molar-refractivity contribution < 1.29 is 23.9 Å². The highest BCUT2D eigenvalue weighted by Crippen LogP contribution is 2.32. The molecule has 0 atom stereocenters. The fourth-order valence-corrected chi connectivity index (χ4v) is 2.88. The van der Waals surface area contributed by atoms with Gasteiger partial charge in [-0.3, -0.25) is 4.79 Å². The molecule has 28 heavy (non-hydrogen) atoms. The summed E-state index contributed by atoms with van der Waals surface area (Å²) in [7, 11) is 0. The van der Waals surface area contributed by atoms with Gasteiger partial charge in [-0.05, 0) is 45.1 Å². The van der Waals surface area contributed by atoms with Gasteiger partial charge in [0.15, 0.2) is 6.61 Å².